The van der Waals surface area contributed by atoms with Gasteiger partial charge in [-0.25, -0.2) is 0 Å². The van der Waals surface area contributed by atoms with Crippen molar-refractivity contribution in [3.8, 4) is 0 Å². The SMILES string of the molecule is C=C1C(=O)C2OC2(C)CC1(C)C. The summed E-state index contributed by atoms with van der Waals surface area (Å²) in [5, 5.41) is 0. The van der Waals surface area contributed by atoms with E-state index in [1.165, 1.54) is 0 Å². The number of rotatable bonds is 0. The quantitative estimate of drug-likeness (QED) is 0.405. The lowest BCUT2D eigenvalue weighted by Gasteiger charge is -2.31. The van der Waals surface area contributed by atoms with Crippen LogP contribution in [-0.4, -0.2) is 17.5 Å². The fourth-order valence-corrected chi connectivity index (χ4v) is 2.18. The maximum atomic E-state index is 11.6. The first kappa shape index (κ1) is 7.99. The first-order valence-corrected chi connectivity index (χ1v) is 4.28. The van der Waals surface area contributed by atoms with Gasteiger partial charge in [-0.2, -0.15) is 0 Å². The highest BCUT2D eigenvalue weighted by Crippen LogP contribution is 2.53. The van der Waals surface area contributed by atoms with E-state index in [1.807, 2.05) is 6.92 Å². The van der Waals surface area contributed by atoms with Gasteiger partial charge in [0.15, 0.2) is 5.78 Å². The Kier molecular flexibility index (Phi) is 1.21. The van der Waals surface area contributed by atoms with Crippen molar-refractivity contribution < 1.29 is 9.53 Å². The van der Waals surface area contributed by atoms with Gasteiger partial charge in [0.25, 0.3) is 0 Å². The summed E-state index contributed by atoms with van der Waals surface area (Å²) in [6.45, 7) is 9.93. The molecule has 1 aliphatic carbocycles. The number of epoxide rings is 1. The fourth-order valence-electron chi connectivity index (χ4n) is 2.18. The predicted octanol–water partition coefficient (Wildman–Crippen LogP) is 1.70. The lowest BCUT2D eigenvalue weighted by molar-refractivity contribution is -0.118. The first-order chi connectivity index (χ1) is 5.37. The van der Waals surface area contributed by atoms with Crippen molar-refractivity contribution in [3.63, 3.8) is 0 Å². The summed E-state index contributed by atoms with van der Waals surface area (Å²) < 4.78 is 5.37. The molecule has 1 saturated heterocycles. The molecule has 1 saturated carbocycles. The summed E-state index contributed by atoms with van der Waals surface area (Å²) in [5.74, 6) is 0.105. The van der Waals surface area contributed by atoms with Gasteiger partial charge in [-0.3, -0.25) is 4.79 Å². The maximum absolute atomic E-state index is 11.6. The van der Waals surface area contributed by atoms with Crippen LogP contribution in [0.15, 0.2) is 12.2 Å². The van der Waals surface area contributed by atoms with Gasteiger partial charge in [-0.1, -0.05) is 20.4 Å². The van der Waals surface area contributed by atoms with Gasteiger partial charge in [-0.15, -0.1) is 0 Å². The zero-order chi connectivity index (χ0) is 9.15. The number of carbonyl (C=O) groups excluding carboxylic acids is 1. The fraction of sp³-hybridized carbons (Fsp3) is 0.700. The average Bonchev–Trinajstić information content (AvgIpc) is 2.56. The molecule has 0 aromatic heterocycles. The third kappa shape index (κ3) is 0.816. The van der Waals surface area contributed by atoms with Crippen molar-refractivity contribution in [1.29, 1.82) is 0 Å². The molecule has 2 rings (SSSR count). The van der Waals surface area contributed by atoms with Gasteiger partial charge in [0.2, 0.25) is 0 Å². The smallest absolute Gasteiger partial charge is 0.190 e. The van der Waals surface area contributed by atoms with Gasteiger partial charge in [-0.05, 0) is 24.3 Å². The van der Waals surface area contributed by atoms with Crippen LogP contribution in [0.4, 0.5) is 0 Å². The van der Waals surface area contributed by atoms with Crippen LogP contribution in [0, 0.1) is 5.41 Å². The normalized spacial score (nSPS) is 44.1. The third-order valence-electron chi connectivity index (χ3n) is 3.03. The molecule has 2 fully saturated rings. The van der Waals surface area contributed by atoms with E-state index in [1.54, 1.807) is 0 Å². The topological polar surface area (TPSA) is 29.6 Å². The second kappa shape index (κ2) is 1.82. The van der Waals surface area contributed by atoms with E-state index in [0.29, 0.717) is 0 Å². The van der Waals surface area contributed by atoms with Crippen LogP contribution >= 0.6 is 0 Å². The van der Waals surface area contributed by atoms with Crippen molar-refractivity contribution in [2.75, 3.05) is 0 Å². The minimum Gasteiger partial charge on any atom is -0.358 e. The van der Waals surface area contributed by atoms with Crippen LogP contribution < -0.4 is 0 Å². The largest absolute Gasteiger partial charge is 0.358 e. The Morgan fingerprint density at radius 3 is 2.67 bits per heavy atom. The zero-order valence-corrected chi connectivity index (χ0v) is 7.81. The van der Waals surface area contributed by atoms with E-state index in [-0.39, 0.29) is 22.9 Å². The van der Waals surface area contributed by atoms with Crippen molar-refractivity contribution >= 4 is 5.78 Å². The van der Waals surface area contributed by atoms with Gasteiger partial charge in [0, 0.05) is 0 Å². The van der Waals surface area contributed by atoms with Crippen molar-refractivity contribution in [2.24, 2.45) is 5.41 Å². The second-order valence-corrected chi connectivity index (χ2v) is 4.71. The van der Waals surface area contributed by atoms with Crippen LogP contribution in [0.3, 0.4) is 0 Å². The molecule has 0 amide bonds. The molecule has 1 heterocycles. The number of carbonyl (C=O) groups is 1. The molecule has 2 unspecified atom stereocenters. The highest BCUT2D eigenvalue weighted by atomic mass is 16.6. The molecule has 66 valence electrons. The van der Waals surface area contributed by atoms with Crippen LogP contribution in [0.25, 0.3) is 0 Å². The molecule has 0 bridgehead atoms. The Bertz CT molecular complexity index is 278. The minimum atomic E-state index is -0.182. The molecule has 12 heavy (non-hydrogen) atoms. The first-order valence-electron chi connectivity index (χ1n) is 4.28. The monoisotopic (exact) mass is 166 g/mol. The Hall–Kier alpha value is -0.630. The summed E-state index contributed by atoms with van der Waals surface area (Å²) >= 11 is 0. The van der Waals surface area contributed by atoms with Crippen molar-refractivity contribution in [3.05, 3.63) is 12.2 Å². The van der Waals surface area contributed by atoms with Gasteiger partial charge in [0.1, 0.15) is 11.7 Å². The number of fused-ring (bicyclic) bond motifs is 1. The van der Waals surface area contributed by atoms with Gasteiger partial charge < -0.3 is 4.74 Å². The Balaban J connectivity index is 2.35. The van der Waals surface area contributed by atoms with Gasteiger partial charge >= 0.3 is 0 Å². The molecular weight excluding hydrogens is 152 g/mol. The van der Waals surface area contributed by atoms with Crippen molar-refractivity contribution in [2.45, 2.75) is 38.9 Å². The Morgan fingerprint density at radius 2 is 2.08 bits per heavy atom. The predicted molar refractivity (Wildman–Crippen MR) is 45.8 cm³/mol. The summed E-state index contributed by atoms with van der Waals surface area (Å²) in [4.78, 5) is 11.6. The van der Waals surface area contributed by atoms with Crippen LogP contribution in [-0.2, 0) is 9.53 Å². The molecule has 1 aliphatic heterocycles. The molecule has 0 radical (unpaired) electrons. The van der Waals surface area contributed by atoms with E-state index < -0.39 is 0 Å². The van der Waals surface area contributed by atoms with E-state index in [0.717, 1.165) is 12.0 Å². The number of Topliss-reactive ketones (excluding diaryl/α,β-unsaturated/α-hetero) is 1. The molecular formula is C10H14O2. The van der Waals surface area contributed by atoms with E-state index in [2.05, 4.69) is 20.4 Å². The number of hydrogen-bond acceptors (Lipinski definition) is 2. The van der Waals surface area contributed by atoms with Crippen molar-refractivity contribution in [1.82, 2.24) is 0 Å². The maximum Gasteiger partial charge on any atom is 0.190 e. The molecule has 2 heteroatoms. The number of hydrogen-bond donors (Lipinski definition) is 0. The highest BCUT2D eigenvalue weighted by molar-refractivity contribution is 6.03. The second-order valence-electron chi connectivity index (χ2n) is 4.71. The molecule has 0 spiro atoms. The molecule has 2 atom stereocenters. The molecule has 0 aromatic rings. The lowest BCUT2D eigenvalue weighted by Crippen LogP contribution is -2.36. The summed E-state index contributed by atoms with van der Waals surface area (Å²) in [7, 11) is 0. The van der Waals surface area contributed by atoms with E-state index >= 15 is 0 Å². The van der Waals surface area contributed by atoms with Crippen LogP contribution in [0.1, 0.15) is 27.2 Å². The summed E-state index contributed by atoms with van der Waals surface area (Å²) in [5.41, 5.74) is 0.461. The third-order valence-corrected chi connectivity index (χ3v) is 3.03. The molecule has 2 aliphatic rings. The Labute approximate surface area is 72.6 Å². The zero-order valence-electron chi connectivity index (χ0n) is 7.81. The molecule has 2 nitrogen and oxygen atoms in total. The van der Waals surface area contributed by atoms with E-state index in [9.17, 15) is 4.79 Å². The lowest BCUT2D eigenvalue weighted by atomic mass is 9.69. The van der Waals surface area contributed by atoms with Gasteiger partial charge in [0.05, 0.1) is 0 Å². The van der Waals surface area contributed by atoms with Crippen LogP contribution in [0.5, 0.6) is 0 Å². The highest BCUT2D eigenvalue weighted by Gasteiger charge is 2.63. The summed E-state index contributed by atoms with van der Waals surface area (Å²) in [6, 6.07) is 0. The average molecular weight is 166 g/mol. The number of ketones is 1. The van der Waals surface area contributed by atoms with E-state index in [4.69, 9.17) is 4.74 Å². The Morgan fingerprint density at radius 1 is 1.50 bits per heavy atom. The summed E-state index contributed by atoms with van der Waals surface area (Å²) in [6.07, 6.45) is 0.730. The molecule has 0 aromatic carbocycles. The molecule has 0 N–H and O–H groups in total. The minimum absolute atomic E-state index is 0.0845. The number of ether oxygens (including phenoxy) is 1. The van der Waals surface area contributed by atoms with Crippen LogP contribution in [0.2, 0.25) is 0 Å². The standard InChI is InChI=1S/C10H14O2/c1-6-7(11)8-10(4,12-8)5-9(6,2)3/h8H,1,5H2,2-4H3.